The molecule has 0 aliphatic heterocycles. The standard InChI is InChI=1S/C11H23N/c1-5-12-10(4)11(6-7-11)8-9(2)3/h9-10,12H,5-8H2,1-4H3. The molecule has 0 aromatic heterocycles. The topological polar surface area (TPSA) is 12.0 Å². The Hall–Kier alpha value is -0.0400. The van der Waals surface area contributed by atoms with Gasteiger partial charge in [0, 0.05) is 6.04 Å². The summed E-state index contributed by atoms with van der Waals surface area (Å²) >= 11 is 0. The van der Waals surface area contributed by atoms with Crippen molar-refractivity contribution >= 4 is 0 Å². The summed E-state index contributed by atoms with van der Waals surface area (Å²) in [5, 5.41) is 3.55. The molecule has 0 saturated heterocycles. The molecule has 1 N–H and O–H groups in total. The number of nitrogens with one attached hydrogen (secondary N) is 1. The molecule has 1 atom stereocenters. The minimum atomic E-state index is 0.671. The van der Waals surface area contributed by atoms with E-state index in [1.54, 1.807) is 0 Å². The molecule has 0 aromatic carbocycles. The summed E-state index contributed by atoms with van der Waals surface area (Å²) in [6.45, 7) is 10.3. The lowest BCUT2D eigenvalue weighted by Crippen LogP contribution is -2.35. The SMILES string of the molecule is CCNC(C)C1(CC(C)C)CC1. The molecular formula is C11H23N. The fraction of sp³-hybridized carbons (Fsp3) is 1.00. The second-order valence-corrected chi connectivity index (χ2v) is 4.74. The first kappa shape index (κ1) is 10.0. The molecule has 0 aromatic rings. The summed E-state index contributed by atoms with van der Waals surface area (Å²) in [5.41, 5.74) is 0.671. The van der Waals surface area contributed by atoms with E-state index in [1.807, 2.05) is 0 Å². The summed E-state index contributed by atoms with van der Waals surface area (Å²) in [6.07, 6.45) is 4.29. The molecule has 1 aliphatic rings. The zero-order chi connectivity index (χ0) is 9.19. The van der Waals surface area contributed by atoms with Gasteiger partial charge in [-0.1, -0.05) is 20.8 Å². The quantitative estimate of drug-likeness (QED) is 0.667. The Labute approximate surface area is 76.9 Å². The molecule has 72 valence electrons. The van der Waals surface area contributed by atoms with Crippen molar-refractivity contribution in [2.24, 2.45) is 11.3 Å². The Kier molecular flexibility index (Phi) is 3.16. The molecule has 0 radical (unpaired) electrons. The molecule has 0 bridgehead atoms. The van der Waals surface area contributed by atoms with Crippen molar-refractivity contribution in [3.63, 3.8) is 0 Å². The van der Waals surface area contributed by atoms with E-state index in [4.69, 9.17) is 0 Å². The Bertz CT molecular complexity index is 136. The summed E-state index contributed by atoms with van der Waals surface area (Å²) in [6, 6.07) is 0.727. The van der Waals surface area contributed by atoms with Crippen molar-refractivity contribution in [2.75, 3.05) is 6.54 Å². The Morgan fingerprint density at radius 2 is 1.83 bits per heavy atom. The van der Waals surface area contributed by atoms with E-state index in [0.29, 0.717) is 5.41 Å². The van der Waals surface area contributed by atoms with Gasteiger partial charge in [0.2, 0.25) is 0 Å². The van der Waals surface area contributed by atoms with E-state index in [0.717, 1.165) is 18.5 Å². The maximum Gasteiger partial charge on any atom is 0.00951 e. The monoisotopic (exact) mass is 169 g/mol. The van der Waals surface area contributed by atoms with E-state index in [2.05, 4.69) is 33.0 Å². The van der Waals surface area contributed by atoms with Gasteiger partial charge in [-0.25, -0.2) is 0 Å². The van der Waals surface area contributed by atoms with Crippen LogP contribution in [0.3, 0.4) is 0 Å². The molecule has 0 spiro atoms. The van der Waals surface area contributed by atoms with Gasteiger partial charge in [0.15, 0.2) is 0 Å². The average Bonchev–Trinajstić information content (AvgIpc) is 2.69. The van der Waals surface area contributed by atoms with Crippen LogP contribution in [0, 0.1) is 11.3 Å². The number of hydrogen-bond acceptors (Lipinski definition) is 1. The lowest BCUT2D eigenvalue weighted by atomic mass is 9.88. The maximum atomic E-state index is 3.55. The van der Waals surface area contributed by atoms with E-state index >= 15 is 0 Å². The normalized spacial score (nSPS) is 22.8. The van der Waals surface area contributed by atoms with Crippen LogP contribution in [0.5, 0.6) is 0 Å². The average molecular weight is 169 g/mol. The van der Waals surface area contributed by atoms with Crippen LogP contribution in [-0.4, -0.2) is 12.6 Å². The zero-order valence-electron chi connectivity index (χ0n) is 8.98. The molecule has 1 rings (SSSR count). The van der Waals surface area contributed by atoms with E-state index in [1.165, 1.54) is 19.3 Å². The summed E-state index contributed by atoms with van der Waals surface area (Å²) < 4.78 is 0. The van der Waals surface area contributed by atoms with Crippen molar-refractivity contribution in [1.29, 1.82) is 0 Å². The van der Waals surface area contributed by atoms with Crippen LogP contribution in [0.15, 0.2) is 0 Å². The largest absolute Gasteiger partial charge is 0.314 e. The van der Waals surface area contributed by atoms with Gasteiger partial charge in [-0.3, -0.25) is 0 Å². The predicted molar refractivity (Wildman–Crippen MR) is 54.3 cm³/mol. The van der Waals surface area contributed by atoms with E-state index < -0.39 is 0 Å². The summed E-state index contributed by atoms with van der Waals surface area (Å²) in [7, 11) is 0. The van der Waals surface area contributed by atoms with Crippen molar-refractivity contribution in [3.8, 4) is 0 Å². The van der Waals surface area contributed by atoms with Crippen LogP contribution in [0.2, 0.25) is 0 Å². The van der Waals surface area contributed by atoms with Crippen molar-refractivity contribution in [3.05, 3.63) is 0 Å². The van der Waals surface area contributed by atoms with E-state index in [9.17, 15) is 0 Å². The second-order valence-electron chi connectivity index (χ2n) is 4.74. The molecular weight excluding hydrogens is 146 g/mol. The molecule has 1 nitrogen and oxygen atoms in total. The highest BCUT2D eigenvalue weighted by molar-refractivity contribution is 5.00. The fourth-order valence-corrected chi connectivity index (χ4v) is 2.31. The smallest absolute Gasteiger partial charge is 0.00951 e. The van der Waals surface area contributed by atoms with Crippen molar-refractivity contribution in [2.45, 2.75) is 53.0 Å². The Balaban J connectivity index is 2.37. The Morgan fingerprint density at radius 3 is 2.17 bits per heavy atom. The maximum absolute atomic E-state index is 3.55. The highest BCUT2D eigenvalue weighted by atomic mass is 14.9. The van der Waals surface area contributed by atoms with Gasteiger partial charge in [-0.15, -0.1) is 0 Å². The third-order valence-corrected chi connectivity index (χ3v) is 3.14. The summed E-state index contributed by atoms with van der Waals surface area (Å²) in [5.74, 6) is 0.855. The van der Waals surface area contributed by atoms with Gasteiger partial charge in [-0.2, -0.15) is 0 Å². The van der Waals surface area contributed by atoms with Gasteiger partial charge < -0.3 is 5.32 Å². The van der Waals surface area contributed by atoms with Crippen molar-refractivity contribution < 1.29 is 0 Å². The predicted octanol–water partition coefficient (Wildman–Crippen LogP) is 2.81. The minimum absolute atomic E-state index is 0.671. The highest BCUT2D eigenvalue weighted by Gasteiger charge is 2.46. The van der Waals surface area contributed by atoms with E-state index in [-0.39, 0.29) is 0 Å². The third-order valence-electron chi connectivity index (χ3n) is 3.14. The highest BCUT2D eigenvalue weighted by Crippen LogP contribution is 2.53. The second kappa shape index (κ2) is 3.78. The third kappa shape index (κ3) is 2.22. The van der Waals surface area contributed by atoms with Crippen LogP contribution in [-0.2, 0) is 0 Å². The van der Waals surface area contributed by atoms with Crippen molar-refractivity contribution in [1.82, 2.24) is 5.32 Å². The first-order valence-electron chi connectivity index (χ1n) is 5.34. The molecule has 0 amide bonds. The fourth-order valence-electron chi connectivity index (χ4n) is 2.31. The molecule has 1 aliphatic carbocycles. The van der Waals surface area contributed by atoms with Crippen LogP contribution in [0.4, 0.5) is 0 Å². The van der Waals surface area contributed by atoms with Gasteiger partial charge in [0.1, 0.15) is 0 Å². The zero-order valence-corrected chi connectivity index (χ0v) is 8.98. The van der Waals surface area contributed by atoms with Crippen LogP contribution in [0.1, 0.15) is 47.0 Å². The Morgan fingerprint density at radius 1 is 1.25 bits per heavy atom. The van der Waals surface area contributed by atoms with Crippen LogP contribution >= 0.6 is 0 Å². The lowest BCUT2D eigenvalue weighted by molar-refractivity contribution is 0.297. The molecule has 0 heterocycles. The van der Waals surface area contributed by atoms with Gasteiger partial charge in [0.05, 0.1) is 0 Å². The van der Waals surface area contributed by atoms with Gasteiger partial charge >= 0.3 is 0 Å². The lowest BCUT2D eigenvalue weighted by Gasteiger charge is -2.25. The molecule has 1 fully saturated rings. The van der Waals surface area contributed by atoms with Crippen LogP contribution < -0.4 is 5.32 Å². The first-order chi connectivity index (χ1) is 5.60. The molecule has 1 unspecified atom stereocenters. The number of hydrogen-bond donors (Lipinski definition) is 1. The molecule has 12 heavy (non-hydrogen) atoms. The molecule has 1 saturated carbocycles. The van der Waals surface area contributed by atoms with Gasteiger partial charge in [-0.05, 0) is 44.1 Å². The van der Waals surface area contributed by atoms with Crippen LogP contribution in [0.25, 0.3) is 0 Å². The summed E-state index contributed by atoms with van der Waals surface area (Å²) in [4.78, 5) is 0. The first-order valence-corrected chi connectivity index (χ1v) is 5.34. The number of rotatable bonds is 5. The minimum Gasteiger partial charge on any atom is -0.314 e. The molecule has 1 heteroatoms. The van der Waals surface area contributed by atoms with Gasteiger partial charge in [0.25, 0.3) is 0 Å².